The third-order valence-electron chi connectivity index (χ3n) is 8.11. The van der Waals surface area contributed by atoms with Crippen molar-refractivity contribution in [1.82, 2.24) is 10.2 Å². The van der Waals surface area contributed by atoms with Crippen LogP contribution in [-0.4, -0.2) is 50.0 Å². The normalized spacial score (nSPS) is 14.7. The molecule has 1 N–H and O–H groups in total. The van der Waals surface area contributed by atoms with Crippen molar-refractivity contribution in [2.24, 2.45) is 0 Å². The predicted octanol–water partition coefficient (Wildman–Crippen LogP) is 6.97. The molecule has 0 unspecified atom stereocenters. The second-order valence-corrected chi connectivity index (χ2v) is 14.6. The fourth-order valence-corrected chi connectivity index (χ4v) is 6.89. The fraction of sp³-hybridized carbons (Fsp3) is 0.412. The molecule has 1 aliphatic carbocycles. The molecule has 0 heterocycles. The van der Waals surface area contributed by atoms with Crippen molar-refractivity contribution in [3.05, 3.63) is 99.5 Å². The number of hydrogen-bond donors (Lipinski definition) is 1. The molecule has 3 aromatic carbocycles. The van der Waals surface area contributed by atoms with Crippen LogP contribution in [0.2, 0.25) is 10.0 Å². The Morgan fingerprint density at radius 1 is 0.932 bits per heavy atom. The van der Waals surface area contributed by atoms with Crippen molar-refractivity contribution in [3.63, 3.8) is 0 Å². The number of nitrogens with zero attached hydrogens (tertiary/aromatic N) is 2. The Labute approximate surface area is 271 Å². The zero-order valence-electron chi connectivity index (χ0n) is 25.5. The Morgan fingerprint density at radius 3 is 2.18 bits per heavy atom. The van der Waals surface area contributed by atoms with Gasteiger partial charge in [0.05, 0.1) is 11.9 Å². The molecule has 1 saturated carbocycles. The van der Waals surface area contributed by atoms with Gasteiger partial charge in [0.1, 0.15) is 12.6 Å². The minimum Gasteiger partial charge on any atom is -0.352 e. The van der Waals surface area contributed by atoms with Gasteiger partial charge in [-0.1, -0.05) is 105 Å². The molecule has 0 spiro atoms. The highest BCUT2D eigenvalue weighted by Crippen LogP contribution is 2.27. The van der Waals surface area contributed by atoms with E-state index in [1.807, 2.05) is 42.5 Å². The molecule has 4 rings (SSSR count). The van der Waals surface area contributed by atoms with Gasteiger partial charge in [-0.05, 0) is 59.7 Å². The molecule has 1 fully saturated rings. The maximum Gasteiger partial charge on any atom is 0.244 e. The summed E-state index contributed by atoms with van der Waals surface area (Å²) in [5.41, 5.74) is 2.90. The largest absolute Gasteiger partial charge is 0.352 e. The Morgan fingerprint density at radius 2 is 1.59 bits per heavy atom. The van der Waals surface area contributed by atoms with Crippen LogP contribution in [0.3, 0.4) is 0 Å². The number of sulfonamides is 1. The van der Waals surface area contributed by atoms with Crippen LogP contribution in [0.1, 0.15) is 68.6 Å². The van der Waals surface area contributed by atoms with Crippen molar-refractivity contribution >= 4 is 50.7 Å². The van der Waals surface area contributed by atoms with Gasteiger partial charge in [0.25, 0.3) is 0 Å². The second kappa shape index (κ2) is 15.3. The topological polar surface area (TPSA) is 86.8 Å². The number of nitrogens with one attached hydrogen (secondary N) is 1. The predicted molar refractivity (Wildman–Crippen MR) is 179 cm³/mol. The lowest BCUT2D eigenvalue weighted by molar-refractivity contribution is -0.140. The minimum atomic E-state index is -3.85. The zero-order valence-corrected chi connectivity index (χ0v) is 27.8. The van der Waals surface area contributed by atoms with Gasteiger partial charge in [0.15, 0.2) is 0 Å². The molecule has 10 heteroatoms. The van der Waals surface area contributed by atoms with E-state index >= 15 is 0 Å². The van der Waals surface area contributed by atoms with E-state index in [0.29, 0.717) is 21.3 Å². The highest BCUT2D eigenvalue weighted by atomic mass is 35.5. The van der Waals surface area contributed by atoms with Gasteiger partial charge in [-0.3, -0.25) is 13.9 Å². The molecule has 0 aromatic heterocycles. The second-order valence-electron chi connectivity index (χ2n) is 11.8. The molecule has 236 valence electrons. The van der Waals surface area contributed by atoms with Gasteiger partial charge in [0, 0.05) is 29.1 Å². The number of halogens is 2. The van der Waals surface area contributed by atoms with Gasteiger partial charge >= 0.3 is 0 Å². The number of carbonyl (C=O) groups is 2. The molecule has 44 heavy (non-hydrogen) atoms. The number of rotatable bonds is 12. The summed E-state index contributed by atoms with van der Waals surface area (Å²) >= 11 is 12.7. The van der Waals surface area contributed by atoms with Gasteiger partial charge in [-0.15, -0.1) is 0 Å². The first-order chi connectivity index (χ1) is 20.9. The quantitative estimate of drug-likeness (QED) is 0.228. The molecule has 0 bridgehead atoms. The smallest absolute Gasteiger partial charge is 0.244 e. The summed E-state index contributed by atoms with van der Waals surface area (Å²) in [6.45, 7) is 3.62. The highest BCUT2D eigenvalue weighted by molar-refractivity contribution is 7.92. The van der Waals surface area contributed by atoms with E-state index in [-0.39, 0.29) is 30.8 Å². The Hall–Kier alpha value is -3.07. The number of carbonyl (C=O) groups excluding carboxylic acids is 2. The summed E-state index contributed by atoms with van der Waals surface area (Å²) in [5.74, 6) is -0.529. The van der Waals surface area contributed by atoms with E-state index in [1.54, 1.807) is 30.3 Å². The van der Waals surface area contributed by atoms with Gasteiger partial charge in [0.2, 0.25) is 21.8 Å². The monoisotopic (exact) mass is 657 g/mol. The van der Waals surface area contributed by atoms with Crippen LogP contribution in [0.4, 0.5) is 5.69 Å². The van der Waals surface area contributed by atoms with Crippen molar-refractivity contribution in [3.8, 4) is 0 Å². The van der Waals surface area contributed by atoms with E-state index < -0.39 is 28.5 Å². The molecular formula is C34H41Cl2N3O4S. The molecule has 7 nitrogen and oxygen atoms in total. The lowest BCUT2D eigenvalue weighted by Gasteiger charge is -2.35. The van der Waals surface area contributed by atoms with E-state index in [9.17, 15) is 18.0 Å². The molecular weight excluding hydrogens is 617 g/mol. The fourth-order valence-electron chi connectivity index (χ4n) is 5.57. The van der Waals surface area contributed by atoms with E-state index in [0.717, 1.165) is 53.8 Å². The molecule has 0 aliphatic heterocycles. The third kappa shape index (κ3) is 9.22. The molecule has 3 aromatic rings. The summed E-state index contributed by atoms with van der Waals surface area (Å²) in [6.07, 6.45) is 6.31. The molecule has 0 saturated heterocycles. The van der Waals surface area contributed by atoms with Crippen LogP contribution < -0.4 is 9.62 Å². The average molecular weight is 659 g/mol. The van der Waals surface area contributed by atoms with Crippen LogP contribution in [0, 0.1) is 0 Å². The van der Waals surface area contributed by atoms with Gasteiger partial charge in [-0.2, -0.15) is 0 Å². The number of amides is 2. The number of benzene rings is 3. The van der Waals surface area contributed by atoms with Crippen molar-refractivity contribution in [2.75, 3.05) is 17.1 Å². The first-order valence-electron chi connectivity index (χ1n) is 15.1. The molecule has 2 amide bonds. The average Bonchev–Trinajstić information content (AvgIpc) is 2.99. The summed E-state index contributed by atoms with van der Waals surface area (Å²) in [6, 6.07) is 20.8. The maximum atomic E-state index is 14.3. The maximum absolute atomic E-state index is 14.3. The summed E-state index contributed by atoms with van der Waals surface area (Å²) in [5, 5.41) is 3.99. The van der Waals surface area contributed by atoms with Gasteiger partial charge in [-0.25, -0.2) is 8.42 Å². The Kier molecular flexibility index (Phi) is 11.7. The third-order valence-corrected chi connectivity index (χ3v) is 9.83. The SMILES string of the molecule is CC(C)c1ccc(N(CC(=O)N(Cc2ccc(Cl)cc2Cl)[C@H](Cc2ccccc2)C(=O)NC2CCCCC2)S(C)(=O)=O)cc1. The molecule has 1 aliphatic rings. The first-order valence-corrected chi connectivity index (χ1v) is 17.7. The van der Waals surface area contributed by atoms with Crippen LogP contribution in [0.5, 0.6) is 0 Å². The van der Waals surface area contributed by atoms with Gasteiger partial charge < -0.3 is 10.2 Å². The molecule has 0 radical (unpaired) electrons. The van der Waals surface area contributed by atoms with Crippen LogP contribution in [0.15, 0.2) is 72.8 Å². The summed E-state index contributed by atoms with van der Waals surface area (Å²) in [4.78, 5) is 29.8. The van der Waals surface area contributed by atoms with Crippen LogP contribution in [0.25, 0.3) is 0 Å². The Balaban J connectivity index is 1.73. The van der Waals surface area contributed by atoms with Crippen molar-refractivity contribution < 1.29 is 18.0 Å². The standard InChI is InChI=1S/C34H41Cl2N3O4S/c1-24(2)26-15-18-30(19-16-26)39(44(3,42)43)23-33(40)38(22-27-14-17-28(35)21-31(27)36)32(20-25-10-6-4-7-11-25)34(41)37-29-12-8-5-9-13-29/h4,6-7,10-11,14-19,21,24,29,32H,5,8-9,12-13,20,22-23H2,1-3H3,(H,37,41)/t32-/m1/s1. The number of hydrogen-bond acceptors (Lipinski definition) is 4. The van der Waals surface area contributed by atoms with Crippen molar-refractivity contribution in [1.29, 1.82) is 0 Å². The minimum absolute atomic E-state index is 0.00564. The Bertz CT molecular complexity index is 1530. The van der Waals surface area contributed by atoms with Crippen molar-refractivity contribution in [2.45, 2.75) is 76.9 Å². The number of anilines is 1. The van der Waals surface area contributed by atoms with Crippen LogP contribution in [-0.2, 0) is 32.6 Å². The lowest BCUT2D eigenvalue weighted by Crippen LogP contribution is -2.55. The summed E-state index contributed by atoms with van der Waals surface area (Å²) < 4.78 is 27.2. The van der Waals surface area contributed by atoms with E-state index in [1.165, 1.54) is 4.90 Å². The zero-order chi connectivity index (χ0) is 31.9. The van der Waals surface area contributed by atoms with Crippen LogP contribution >= 0.6 is 23.2 Å². The molecule has 1 atom stereocenters. The highest BCUT2D eigenvalue weighted by Gasteiger charge is 2.34. The lowest BCUT2D eigenvalue weighted by atomic mass is 9.94. The first kappa shape index (κ1) is 33.8. The summed E-state index contributed by atoms with van der Waals surface area (Å²) in [7, 11) is -3.85. The van der Waals surface area contributed by atoms with E-state index in [2.05, 4.69) is 19.2 Å². The van der Waals surface area contributed by atoms with E-state index in [4.69, 9.17) is 23.2 Å².